The second-order valence-electron chi connectivity index (χ2n) is 5.49. The Morgan fingerprint density at radius 1 is 1.15 bits per heavy atom. The van der Waals surface area contributed by atoms with Crippen molar-refractivity contribution in [3.8, 4) is 23.0 Å². The van der Waals surface area contributed by atoms with E-state index in [0.29, 0.717) is 53.0 Å². The van der Waals surface area contributed by atoms with Crippen LogP contribution in [0.25, 0.3) is 6.08 Å². The van der Waals surface area contributed by atoms with E-state index < -0.39 is 0 Å². The monoisotopic (exact) mass is 375 g/mol. The number of nitrogens with two attached hydrogens (primary N) is 1. The summed E-state index contributed by atoms with van der Waals surface area (Å²) in [7, 11) is 3.03. The van der Waals surface area contributed by atoms with Crippen molar-refractivity contribution in [2.24, 2.45) is 0 Å². The number of carbonyl (C=O) groups is 1. The topological polar surface area (TPSA) is 80.0 Å². The van der Waals surface area contributed by atoms with E-state index in [9.17, 15) is 4.79 Å². The molecule has 0 bridgehead atoms. The van der Waals surface area contributed by atoms with E-state index >= 15 is 0 Å². The van der Waals surface area contributed by atoms with Crippen molar-refractivity contribution in [2.45, 2.75) is 0 Å². The van der Waals surface area contributed by atoms with Gasteiger partial charge >= 0.3 is 0 Å². The van der Waals surface area contributed by atoms with Gasteiger partial charge in [-0.25, -0.2) is 0 Å². The molecule has 1 aliphatic heterocycles. The van der Waals surface area contributed by atoms with Crippen molar-refractivity contribution in [1.29, 1.82) is 0 Å². The van der Waals surface area contributed by atoms with Crippen LogP contribution in [0, 0.1) is 0 Å². The summed E-state index contributed by atoms with van der Waals surface area (Å²) in [6.45, 7) is 0.901. The largest absolute Gasteiger partial charge is 0.495 e. The first-order valence-electron chi connectivity index (χ1n) is 7.87. The first-order valence-corrected chi connectivity index (χ1v) is 8.25. The van der Waals surface area contributed by atoms with Gasteiger partial charge in [0.2, 0.25) is 11.5 Å². The van der Waals surface area contributed by atoms with Gasteiger partial charge in [-0.3, -0.25) is 4.79 Å². The number of Topliss-reactive ketones (excluding diaryl/α,β-unsaturated/α-hetero) is 1. The Kier molecular flexibility index (Phi) is 5.23. The van der Waals surface area contributed by atoms with Crippen LogP contribution in [0.5, 0.6) is 23.0 Å². The van der Waals surface area contributed by atoms with Crippen LogP contribution in [0.1, 0.15) is 15.9 Å². The van der Waals surface area contributed by atoms with Crippen LogP contribution in [0.15, 0.2) is 35.4 Å². The smallest absolute Gasteiger partial charge is 0.204 e. The van der Waals surface area contributed by atoms with Gasteiger partial charge in [-0.1, -0.05) is 11.6 Å². The fourth-order valence-electron chi connectivity index (χ4n) is 2.65. The molecular weight excluding hydrogens is 358 g/mol. The number of carbonyl (C=O) groups excluding carboxylic acids is 1. The molecule has 0 saturated carbocycles. The molecule has 3 rings (SSSR count). The molecule has 2 aromatic rings. The predicted molar refractivity (Wildman–Crippen MR) is 99.6 cm³/mol. The number of benzene rings is 2. The number of halogens is 1. The van der Waals surface area contributed by atoms with Crippen LogP contribution < -0.4 is 24.7 Å². The number of hydrogen-bond donors (Lipinski definition) is 1. The summed E-state index contributed by atoms with van der Waals surface area (Å²) >= 11 is 6.25. The molecule has 1 aliphatic rings. The quantitative estimate of drug-likeness (QED) is 0.489. The number of methoxy groups -OCH3 is 2. The van der Waals surface area contributed by atoms with Crippen molar-refractivity contribution < 1.29 is 23.7 Å². The van der Waals surface area contributed by atoms with Crippen LogP contribution in [-0.4, -0.2) is 33.2 Å². The van der Waals surface area contributed by atoms with Gasteiger partial charge in [-0.15, -0.1) is 0 Å². The Bertz CT molecular complexity index is 878. The maximum absolute atomic E-state index is 12.6. The van der Waals surface area contributed by atoms with E-state index in [1.165, 1.54) is 26.4 Å². The van der Waals surface area contributed by atoms with E-state index in [2.05, 4.69) is 0 Å². The zero-order chi connectivity index (χ0) is 18.7. The Hall–Kier alpha value is -2.86. The van der Waals surface area contributed by atoms with Gasteiger partial charge in [0.25, 0.3) is 0 Å². The normalized spacial score (nSPS) is 13.3. The molecule has 6 nitrogen and oxygen atoms in total. The highest BCUT2D eigenvalue weighted by molar-refractivity contribution is 6.47. The van der Waals surface area contributed by atoms with E-state index in [1.54, 1.807) is 24.3 Å². The first kappa shape index (κ1) is 17.9. The molecule has 0 aromatic heterocycles. The summed E-state index contributed by atoms with van der Waals surface area (Å²) in [6, 6.07) is 8.26. The van der Waals surface area contributed by atoms with Gasteiger partial charge in [0, 0.05) is 11.1 Å². The number of hydrogen-bond acceptors (Lipinski definition) is 6. The van der Waals surface area contributed by atoms with Crippen molar-refractivity contribution in [3.05, 3.63) is 46.5 Å². The number of rotatable bonds is 5. The fraction of sp³-hybridized carbons (Fsp3) is 0.211. The molecule has 0 saturated heterocycles. The van der Waals surface area contributed by atoms with Gasteiger partial charge in [0.05, 0.1) is 24.9 Å². The molecule has 0 amide bonds. The Morgan fingerprint density at radius 2 is 1.92 bits per heavy atom. The van der Waals surface area contributed by atoms with E-state index in [0.717, 1.165) is 0 Å². The standard InChI is InChI=1S/C19H18ClNO5/c1-23-15-5-3-11(10-14(15)21)17(22)13(20)9-12-4-6-16-19(18(12)24-2)26-8-7-25-16/h3-6,9-10H,7-8,21H2,1-2H3. The summed E-state index contributed by atoms with van der Waals surface area (Å²) in [5.41, 5.74) is 7.19. The highest BCUT2D eigenvalue weighted by Gasteiger charge is 2.20. The van der Waals surface area contributed by atoms with Crippen LogP contribution >= 0.6 is 11.6 Å². The Balaban J connectivity index is 1.94. The number of ketones is 1. The molecule has 0 aliphatic carbocycles. The Labute approximate surface area is 156 Å². The minimum Gasteiger partial charge on any atom is -0.495 e. The maximum atomic E-state index is 12.6. The zero-order valence-electron chi connectivity index (χ0n) is 14.4. The second-order valence-corrected chi connectivity index (χ2v) is 5.90. The average molecular weight is 376 g/mol. The lowest BCUT2D eigenvalue weighted by molar-refractivity contribution is 0.104. The summed E-state index contributed by atoms with van der Waals surface area (Å²) in [5.74, 6) is 1.68. The van der Waals surface area contributed by atoms with Crippen molar-refractivity contribution in [3.63, 3.8) is 0 Å². The lowest BCUT2D eigenvalue weighted by atomic mass is 10.1. The minimum absolute atomic E-state index is 0.0181. The minimum atomic E-state index is -0.363. The first-order chi connectivity index (χ1) is 12.5. The Morgan fingerprint density at radius 3 is 2.62 bits per heavy atom. The van der Waals surface area contributed by atoms with Crippen molar-refractivity contribution in [2.75, 3.05) is 33.2 Å². The molecule has 0 radical (unpaired) electrons. The van der Waals surface area contributed by atoms with Gasteiger partial charge in [-0.05, 0) is 36.4 Å². The van der Waals surface area contributed by atoms with Crippen LogP contribution in [0.4, 0.5) is 5.69 Å². The lowest BCUT2D eigenvalue weighted by Crippen LogP contribution is -2.16. The second kappa shape index (κ2) is 7.58. The molecule has 0 spiro atoms. The van der Waals surface area contributed by atoms with Crippen molar-refractivity contribution >= 4 is 29.1 Å². The summed E-state index contributed by atoms with van der Waals surface area (Å²) < 4.78 is 21.7. The van der Waals surface area contributed by atoms with Crippen molar-refractivity contribution in [1.82, 2.24) is 0 Å². The average Bonchev–Trinajstić information content (AvgIpc) is 2.67. The number of allylic oxidation sites excluding steroid dienone is 1. The number of ether oxygens (including phenoxy) is 4. The van der Waals surface area contributed by atoms with E-state index in [4.69, 9.17) is 36.3 Å². The molecule has 0 unspecified atom stereocenters. The fourth-order valence-corrected chi connectivity index (χ4v) is 2.87. The third-order valence-electron chi connectivity index (χ3n) is 3.89. The zero-order valence-corrected chi connectivity index (χ0v) is 15.1. The highest BCUT2D eigenvalue weighted by atomic mass is 35.5. The molecule has 0 atom stereocenters. The molecule has 136 valence electrons. The van der Waals surface area contributed by atoms with E-state index in [1.807, 2.05) is 0 Å². The summed E-state index contributed by atoms with van der Waals surface area (Å²) in [4.78, 5) is 12.6. The van der Waals surface area contributed by atoms with Gasteiger partial charge < -0.3 is 24.7 Å². The number of fused-ring (bicyclic) bond motifs is 1. The molecular formula is C19H18ClNO5. The van der Waals surface area contributed by atoms with Crippen LogP contribution in [0.3, 0.4) is 0 Å². The third kappa shape index (κ3) is 3.41. The van der Waals surface area contributed by atoms with Gasteiger partial charge in [0.1, 0.15) is 19.0 Å². The lowest BCUT2D eigenvalue weighted by Gasteiger charge is -2.21. The maximum Gasteiger partial charge on any atom is 0.204 e. The molecule has 2 N–H and O–H groups in total. The van der Waals surface area contributed by atoms with Crippen LogP contribution in [-0.2, 0) is 0 Å². The molecule has 1 heterocycles. The SMILES string of the molecule is COc1ccc(C(=O)C(Cl)=Cc2ccc3c(c2OC)OCCO3)cc1N. The number of anilines is 1. The molecule has 7 heteroatoms. The summed E-state index contributed by atoms with van der Waals surface area (Å²) in [5, 5.41) is 0.0181. The van der Waals surface area contributed by atoms with E-state index in [-0.39, 0.29) is 10.8 Å². The third-order valence-corrected chi connectivity index (χ3v) is 4.17. The molecule has 2 aromatic carbocycles. The van der Waals surface area contributed by atoms with Gasteiger partial charge in [0.15, 0.2) is 11.5 Å². The number of nitrogen functional groups attached to an aromatic ring is 1. The molecule has 26 heavy (non-hydrogen) atoms. The molecule has 0 fully saturated rings. The van der Waals surface area contributed by atoms with Gasteiger partial charge in [-0.2, -0.15) is 0 Å². The highest BCUT2D eigenvalue weighted by Crippen LogP contribution is 2.42. The van der Waals surface area contributed by atoms with Crippen LogP contribution in [0.2, 0.25) is 0 Å². The predicted octanol–water partition coefficient (Wildman–Crippen LogP) is 3.52. The summed E-state index contributed by atoms with van der Waals surface area (Å²) in [6.07, 6.45) is 1.53.